The second-order valence-corrected chi connectivity index (χ2v) is 3.48. The predicted molar refractivity (Wildman–Crippen MR) is 64.9 cm³/mol. The molecule has 0 aliphatic heterocycles. The molecule has 1 rings (SSSR count). The number of rotatable bonds is 5. The van der Waals surface area contributed by atoms with Crippen molar-refractivity contribution in [2.45, 2.75) is 13.0 Å². The standard InChI is InChI=1S/C10H14N4O3/c1-6(10(11)15)13-8-5-3-4-7(12-2)9(8)14(16)17/h3-6,12-13H,1-2H3,(H2,11,15). The summed E-state index contributed by atoms with van der Waals surface area (Å²) in [5.74, 6) is -0.575. The second-order valence-electron chi connectivity index (χ2n) is 3.48. The van der Waals surface area contributed by atoms with Gasteiger partial charge in [0.1, 0.15) is 17.4 Å². The van der Waals surface area contributed by atoms with Crippen LogP contribution in [0.4, 0.5) is 17.1 Å². The first-order valence-corrected chi connectivity index (χ1v) is 4.98. The molecule has 1 aromatic carbocycles. The molecule has 0 spiro atoms. The van der Waals surface area contributed by atoms with E-state index in [1.807, 2.05) is 0 Å². The average molecular weight is 238 g/mol. The van der Waals surface area contributed by atoms with Gasteiger partial charge in [-0.3, -0.25) is 14.9 Å². The number of anilines is 2. The van der Waals surface area contributed by atoms with Crippen LogP contribution in [0, 0.1) is 10.1 Å². The number of hydrogen-bond donors (Lipinski definition) is 3. The molecular formula is C10H14N4O3. The molecule has 1 unspecified atom stereocenters. The van der Waals surface area contributed by atoms with Crippen LogP contribution in [0.25, 0.3) is 0 Å². The lowest BCUT2D eigenvalue weighted by atomic mass is 10.2. The van der Waals surface area contributed by atoms with Crippen LogP contribution in [-0.2, 0) is 4.79 Å². The Bertz CT molecular complexity index is 447. The van der Waals surface area contributed by atoms with Gasteiger partial charge in [0.05, 0.1) is 4.92 Å². The van der Waals surface area contributed by atoms with Crippen molar-refractivity contribution in [2.24, 2.45) is 5.73 Å². The minimum Gasteiger partial charge on any atom is -0.382 e. The number of nitro benzene ring substituents is 1. The highest BCUT2D eigenvalue weighted by atomic mass is 16.6. The summed E-state index contributed by atoms with van der Waals surface area (Å²) in [6.45, 7) is 1.54. The highest BCUT2D eigenvalue weighted by Gasteiger charge is 2.21. The van der Waals surface area contributed by atoms with Crippen LogP contribution < -0.4 is 16.4 Å². The predicted octanol–water partition coefficient (Wildman–Crippen LogP) is 0.922. The van der Waals surface area contributed by atoms with E-state index in [0.29, 0.717) is 5.69 Å². The SMILES string of the molecule is CNc1cccc(NC(C)C(N)=O)c1[N+](=O)[O-]. The van der Waals surface area contributed by atoms with Crippen molar-refractivity contribution in [3.8, 4) is 0 Å². The first-order chi connectivity index (χ1) is 7.97. The first-order valence-electron chi connectivity index (χ1n) is 4.98. The van der Waals surface area contributed by atoms with Crippen molar-refractivity contribution in [3.63, 3.8) is 0 Å². The summed E-state index contributed by atoms with van der Waals surface area (Å²) in [4.78, 5) is 21.4. The summed E-state index contributed by atoms with van der Waals surface area (Å²) >= 11 is 0. The van der Waals surface area contributed by atoms with Gasteiger partial charge in [-0.1, -0.05) is 6.07 Å². The third-order valence-electron chi connectivity index (χ3n) is 2.29. The molecule has 0 heterocycles. The number of nitrogens with two attached hydrogens (primary N) is 1. The lowest BCUT2D eigenvalue weighted by Gasteiger charge is -2.13. The first kappa shape index (κ1) is 12.8. The van der Waals surface area contributed by atoms with Gasteiger partial charge in [-0.25, -0.2) is 0 Å². The van der Waals surface area contributed by atoms with E-state index in [4.69, 9.17) is 5.73 Å². The van der Waals surface area contributed by atoms with Crippen LogP contribution >= 0.6 is 0 Å². The van der Waals surface area contributed by atoms with Gasteiger partial charge in [-0.15, -0.1) is 0 Å². The molecule has 0 saturated carbocycles. The van der Waals surface area contributed by atoms with Crippen LogP contribution in [0.3, 0.4) is 0 Å². The molecule has 7 nitrogen and oxygen atoms in total. The fourth-order valence-corrected chi connectivity index (χ4v) is 1.36. The van der Waals surface area contributed by atoms with Crippen molar-refractivity contribution < 1.29 is 9.72 Å². The van der Waals surface area contributed by atoms with E-state index in [-0.39, 0.29) is 11.4 Å². The quantitative estimate of drug-likeness (QED) is 0.522. The summed E-state index contributed by atoms with van der Waals surface area (Å²) in [7, 11) is 1.59. The summed E-state index contributed by atoms with van der Waals surface area (Å²) in [5, 5.41) is 16.4. The number of para-hydroxylation sites is 1. The van der Waals surface area contributed by atoms with Gasteiger partial charge in [-0.05, 0) is 19.1 Å². The van der Waals surface area contributed by atoms with Gasteiger partial charge in [-0.2, -0.15) is 0 Å². The smallest absolute Gasteiger partial charge is 0.315 e. The number of carbonyl (C=O) groups is 1. The van der Waals surface area contributed by atoms with Gasteiger partial charge in [0.25, 0.3) is 0 Å². The third kappa shape index (κ3) is 2.83. The lowest BCUT2D eigenvalue weighted by Crippen LogP contribution is -2.32. The van der Waals surface area contributed by atoms with Crippen molar-refractivity contribution >= 4 is 23.0 Å². The molecule has 7 heteroatoms. The van der Waals surface area contributed by atoms with Crippen molar-refractivity contribution in [1.82, 2.24) is 0 Å². The van der Waals surface area contributed by atoms with E-state index in [0.717, 1.165) is 0 Å². The Kier molecular flexibility index (Phi) is 3.86. The van der Waals surface area contributed by atoms with Crippen LogP contribution in [0.5, 0.6) is 0 Å². The molecule has 1 atom stereocenters. The van der Waals surface area contributed by atoms with Crippen LogP contribution in [0.1, 0.15) is 6.92 Å². The Labute approximate surface area is 98.1 Å². The van der Waals surface area contributed by atoms with E-state index in [1.165, 1.54) is 13.0 Å². The minimum absolute atomic E-state index is 0.108. The molecule has 92 valence electrons. The van der Waals surface area contributed by atoms with Gasteiger partial charge < -0.3 is 16.4 Å². The highest BCUT2D eigenvalue weighted by Crippen LogP contribution is 2.32. The maximum absolute atomic E-state index is 11.0. The zero-order valence-corrected chi connectivity index (χ0v) is 9.56. The van der Waals surface area contributed by atoms with E-state index in [9.17, 15) is 14.9 Å². The third-order valence-corrected chi connectivity index (χ3v) is 2.29. The maximum Gasteiger partial charge on any atom is 0.315 e. The molecule has 0 aliphatic carbocycles. The summed E-state index contributed by atoms with van der Waals surface area (Å²) in [5.41, 5.74) is 5.61. The Hall–Kier alpha value is -2.31. The summed E-state index contributed by atoms with van der Waals surface area (Å²) in [6, 6.07) is 4.08. The Balaban J connectivity index is 3.14. The number of nitrogens with zero attached hydrogens (tertiary/aromatic N) is 1. The molecular weight excluding hydrogens is 224 g/mol. The van der Waals surface area contributed by atoms with Crippen molar-refractivity contribution in [3.05, 3.63) is 28.3 Å². The molecule has 17 heavy (non-hydrogen) atoms. The van der Waals surface area contributed by atoms with E-state index >= 15 is 0 Å². The lowest BCUT2D eigenvalue weighted by molar-refractivity contribution is -0.383. The van der Waals surface area contributed by atoms with Crippen LogP contribution in [0.15, 0.2) is 18.2 Å². The van der Waals surface area contributed by atoms with E-state index < -0.39 is 16.9 Å². The fraction of sp³-hybridized carbons (Fsp3) is 0.300. The second kappa shape index (κ2) is 5.15. The van der Waals surface area contributed by atoms with Gasteiger partial charge >= 0.3 is 5.69 Å². The Morgan fingerprint density at radius 3 is 2.53 bits per heavy atom. The number of nitrogens with one attached hydrogen (secondary N) is 2. The summed E-state index contributed by atoms with van der Waals surface area (Å²) in [6.07, 6.45) is 0. The monoisotopic (exact) mass is 238 g/mol. The zero-order chi connectivity index (χ0) is 13.0. The topological polar surface area (TPSA) is 110 Å². The van der Waals surface area contributed by atoms with E-state index in [2.05, 4.69) is 10.6 Å². The molecule has 0 bridgehead atoms. The molecule has 0 fully saturated rings. The molecule has 0 radical (unpaired) electrons. The molecule has 1 aromatic rings. The molecule has 0 aromatic heterocycles. The van der Waals surface area contributed by atoms with Gasteiger partial charge in [0.2, 0.25) is 5.91 Å². The number of carbonyl (C=O) groups excluding carboxylic acids is 1. The van der Waals surface area contributed by atoms with Crippen LogP contribution in [-0.4, -0.2) is 23.9 Å². The summed E-state index contributed by atoms with van der Waals surface area (Å²) < 4.78 is 0. The number of hydrogen-bond acceptors (Lipinski definition) is 5. The number of benzene rings is 1. The number of nitro groups is 1. The normalized spacial score (nSPS) is 11.6. The average Bonchev–Trinajstić information content (AvgIpc) is 2.27. The molecule has 1 amide bonds. The molecule has 0 aliphatic rings. The van der Waals surface area contributed by atoms with Crippen molar-refractivity contribution in [2.75, 3.05) is 17.7 Å². The minimum atomic E-state index is -0.680. The molecule has 4 N–H and O–H groups in total. The van der Waals surface area contributed by atoms with E-state index in [1.54, 1.807) is 19.2 Å². The largest absolute Gasteiger partial charge is 0.382 e. The maximum atomic E-state index is 11.0. The van der Waals surface area contributed by atoms with Gasteiger partial charge in [0, 0.05) is 7.05 Å². The number of amides is 1. The fourth-order valence-electron chi connectivity index (χ4n) is 1.36. The molecule has 0 saturated heterocycles. The highest BCUT2D eigenvalue weighted by molar-refractivity contribution is 5.85. The zero-order valence-electron chi connectivity index (χ0n) is 9.56. The van der Waals surface area contributed by atoms with Crippen LogP contribution in [0.2, 0.25) is 0 Å². The van der Waals surface area contributed by atoms with Crippen molar-refractivity contribution in [1.29, 1.82) is 0 Å². The number of primary amides is 1. The Morgan fingerprint density at radius 1 is 1.47 bits per heavy atom. The van der Waals surface area contributed by atoms with Gasteiger partial charge in [0.15, 0.2) is 0 Å². The Morgan fingerprint density at radius 2 is 2.06 bits per heavy atom.